The number of alkyl halides is 3. The fraction of sp³-hybridized carbons (Fsp3) is 0.222. The van der Waals surface area contributed by atoms with E-state index in [1.807, 2.05) is 6.92 Å². The molecule has 0 saturated carbocycles. The van der Waals surface area contributed by atoms with Gasteiger partial charge < -0.3 is 9.63 Å². The van der Waals surface area contributed by atoms with E-state index in [1.54, 1.807) is 12.1 Å². The van der Waals surface area contributed by atoms with Crippen molar-refractivity contribution in [3.63, 3.8) is 0 Å². The molecule has 1 heterocycles. The highest BCUT2D eigenvalue weighted by atomic mass is 19.4. The summed E-state index contributed by atoms with van der Waals surface area (Å²) >= 11 is 0. The average molecular weight is 349 g/mol. The molecule has 4 nitrogen and oxygen atoms in total. The van der Waals surface area contributed by atoms with Crippen LogP contribution in [-0.2, 0) is 11.0 Å². The van der Waals surface area contributed by atoms with Gasteiger partial charge in [-0.05, 0) is 30.0 Å². The highest BCUT2D eigenvalue weighted by Crippen LogP contribution is 2.34. The number of hydrogen-bond acceptors (Lipinski definition) is 3. The standard InChI is InChI=1S/C18H14F3NO3/c1-10-8-12(4-7-14(10)17(23)24)15-9-16(25-22-15)11-2-5-13(6-3-11)18(19,20)21/h2-7,9-10H,8H2,1H3,(H,23,24). The predicted molar refractivity (Wildman–Crippen MR) is 84.4 cm³/mol. The lowest BCUT2D eigenvalue weighted by Gasteiger charge is -2.17. The maximum absolute atomic E-state index is 12.6. The fourth-order valence-corrected chi connectivity index (χ4v) is 2.72. The van der Waals surface area contributed by atoms with E-state index in [1.165, 1.54) is 18.2 Å². The van der Waals surface area contributed by atoms with E-state index in [0.717, 1.165) is 17.7 Å². The summed E-state index contributed by atoms with van der Waals surface area (Å²) in [7, 11) is 0. The molecule has 0 amide bonds. The minimum absolute atomic E-state index is 0.163. The molecule has 0 radical (unpaired) electrons. The van der Waals surface area contributed by atoms with Crippen LogP contribution in [0.1, 0.15) is 24.6 Å². The molecule has 0 bridgehead atoms. The van der Waals surface area contributed by atoms with Gasteiger partial charge in [-0.2, -0.15) is 13.2 Å². The Kier molecular flexibility index (Phi) is 4.24. The lowest BCUT2D eigenvalue weighted by Crippen LogP contribution is -2.13. The highest BCUT2D eigenvalue weighted by molar-refractivity contribution is 5.89. The van der Waals surface area contributed by atoms with Gasteiger partial charge in [0.2, 0.25) is 0 Å². The number of carboxylic acid groups (broad SMARTS) is 1. The first kappa shape index (κ1) is 17.0. The summed E-state index contributed by atoms with van der Waals surface area (Å²) in [6, 6.07) is 6.27. The quantitative estimate of drug-likeness (QED) is 0.865. The van der Waals surface area contributed by atoms with Gasteiger partial charge in [-0.3, -0.25) is 0 Å². The summed E-state index contributed by atoms with van der Waals surface area (Å²) < 4.78 is 43.0. The third-order valence-electron chi connectivity index (χ3n) is 4.10. The highest BCUT2D eigenvalue weighted by Gasteiger charge is 2.30. The number of aliphatic carboxylic acids is 1. The first-order valence-corrected chi connectivity index (χ1v) is 7.54. The first-order valence-electron chi connectivity index (χ1n) is 7.54. The zero-order valence-corrected chi connectivity index (χ0v) is 13.2. The minimum Gasteiger partial charge on any atom is -0.478 e. The molecular weight excluding hydrogens is 335 g/mol. The predicted octanol–water partition coefficient (Wildman–Crippen LogP) is 4.79. The third-order valence-corrected chi connectivity index (χ3v) is 4.10. The monoisotopic (exact) mass is 349 g/mol. The Bertz CT molecular complexity index is 860. The van der Waals surface area contributed by atoms with Crippen molar-refractivity contribution >= 4 is 11.5 Å². The number of allylic oxidation sites excluding steroid dienone is 3. The molecule has 1 aromatic heterocycles. The molecule has 1 atom stereocenters. The van der Waals surface area contributed by atoms with Crippen LogP contribution in [0.2, 0.25) is 0 Å². The number of nitrogens with zero attached hydrogens (tertiary/aromatic N) is 1. The number of halogens is 3. The summed E-state index contributed by atoms with van der Waals surface area (Å²) in [4.78, 5) is 11.1. The summed E-state index contributed by atoms with van der Waals surface area (Å²) in [6.07, 6.45) is -0.671. The van der Waals surface area contributed by atoms with E-state index in [4.69, 9.17) is 9.63 Å². The zero-order valence-electron chi connectivity index (χ0n) is 13.2. The summed E-state index contributed by atoms with van der Waals surface area (Å²) in [5, 5.41) is 13.0. The van der Waals surface area contributed by atoms with Crippen LogP contribution >= 0.6 is 0 Å². The fourth-order valence-electron chi connectivity index (χ4n) is 2.72. The molecule has 0 spiro atoms. The third kappa shape index (κ3) is 3.50. The van der Waals surface area contributed by atoms with E-state index < -0.39 is 17.7 Å². The number of rotatable bonds is 3. The van der Waals surface area contributed by atoms with Crippen LogP contribution in [0.3, 0.4) is 0 Å². The molecule has 1 unspecified atom stereocenters. The van der Waals surface area contributed by atoms with E-state index in [9.17, 15) is 18.0 Å². The second-order valence-electron chi connectivity index (χ2n) is 5.88. The summed E-state index contributed by atoms with van der Waals surface area (Å²) in [5.74, 6) is -0.762. The van der Waals surface area contributed by atoms with Crippen molar-refractivity contribution in [3.8, 4) is 11.3 Å². The molecule has 0 fully saturated rings. The zero-order chi connectivity index (χ0) is 18.2. The smallest absolute Gasteiger partial charge is 0.416 e. The van der Waals surface area contributed by atoms with E-state index in [2.05, 4.69) is 5.16 Å². The van der Waals surface area contributed by atoms with Crippen LogP contribution in [-0.4, -0.2) is 16.2 Å². The van der Waals surface area contributed by atoms with Gasteiger partial charge in [0, 0.05) is 17.2 Å². The molecule has 1 aliphatic carbocycles. The molecule has 1 N–H and O–H groups in total. The van der Waals surface area contributed by atoms with Crippen molar-refractivity contribution in [1.29, 1.82) is 0 Å². The van der Waals surface area contributed by atoms with Crippen molar-refractivity contribution < 1.29 is 27.6 Å². The van der Waals surface area contributed by atoms with E-state index >= 15 is 0 Å². The molecular formula is C18H14F3NO3. The van der Waals surface area contributed by atoms with Crippen LogP contribution in [0.5, 0.6) is 0 Å². The number of aromatic nitrogens is 1. The van der Waals surface area contributed by atoms with Crippen molar-refractivity contribution in [3.05, 3.63) is 59.3 Å². The first-order chi connectivity index (χ1) is 11.8. The second kappa shape index (κ2) is 6.23. The van der Waals surface area contributed by atoms with Crippen LogP contribution in [0.25, 0.3) is 16.9 Å². The Hall–Kier alpha value is -2.83. The average Bonchev–Trinajstić information content (AvgIpc) is 3.03. The molecule has 1 aromatic carbocycles. The second-order valence-corrected chi connectivity index (χ2v) is 5.88. The van der Waals surface area contributed by atoms with Crippen LogP contribution in [0, 0.1) is 5.92 Å². The SMILES string of the molecule is CC1CC(c2cc(-c3ccc(C(F)(F)F)cc3)on2)=CC=C1C(=O)O. The molecule has 130 valence electrons. The maximum atomic E-state index is 12.6. The van der Waals surface area contributed by atoms with Gasteiger partial charge in [0.1, 0.15) is 5.69 Å². The Morgan fingerprint density at radius 2 is 1.92 bits per heavy atom. The van der Waals surface area contributed by atoms with Crippen molar-refractivity contribution in [2.24, 2.45) is 5.92 Å². The Balaban J connectivity index is 1.85. The van der Waals surface area contributed by atoms with Crippen molar-refractivity contribution in [1.82, 2.24) is 5.16 Å². The molecule has 1 aliphatic rings. The molecule has 3 rings (SSSR count). The van der Waals surface area contributed by atoms with Crippen LogP contribution in [0.15, 0.2) is 52.6 Å². The van der Waals surface area contributed by atoms with E-state index in [-0.39, 0.29) is 5.92 Å². The molecule has 2 aromatic rings. The lowest BCUT2D eigenvalue weighted by molar-refractivity contribution is -0.137. The maximum Gasteiger partial charge on any atom is 0.416 e. The largest absolute Gasteiger partial charge is 0.478 e. The number of hydrogen-bond donors (Lipinski definition) is 1. The topological polar surface area (TPSA) is 63.3 Å². The van der Waals surface area contributed by atoms with Gasteiger partial charge in [-0.25, -0.2) is 4.79 Å². The Morgan fingerprint density at radius 3 is 2.48 bits per heavy atom. The molecule has 25 heavy (non-hydrogen) atoms. The van der Waals surface area contributed by atoms with Crippen LogP contribution < -0.4 is 0 Å². The summed E-state index contributed by atoms with van der Waals surface area (Å²) in [5.41, 5.74) is 1.45. The number of benzene rings is 1. The normalized spacial score (nSPS) is 17.8. The van der Waals surface area contributed by atoms with Gasteiger partial charge in [-0.15, -0.1) is 0 Å². The molecule has 0 saturated heterocycles. The van der Waals surface area contributed by atoms with Gasteiger partial charge in [0.05, 0.1) is 5.56 Å². The number of carbonyl (C=O) groups is 1. The molecule has 0 aliphatic heterocycles. The lowest BCUT2D eigenvalue weighted by atomic mass is 9.87. The molecule has 7 heteroatoms. The minimum atomic E-state index is -4.39. The van der Waals surface area contributed by atoms with Crippen molar-refractivity contribution in [2.75, 3.05) is 0 Å². The summed E-state index contributed by atoms with van der Waals surface area (Å²) in [6.45, 7) is 1.81. The Labute approximate surface area is 141 Å². The van der Waals surface area contributed by atoms with Gasteiger partial charge in [-0.1, -0.05) is 36.4 Å². The van der Waals surface area contributed by atoms with Gasteiger partial charge >= 0.3 is 12.1 Å². The number of carboxylic acids is 1. The van der Waals surface area contributed by atoms with Crippen molar-refractivity contribution in [2.45, 2.75) is 19.5 Å². The van der Waals surface area contributed by atoms with Gasteiger partial charge in [0.25, 0.3) is 0 Å². The van der Waals surface area contributed by atoms with E-state index in [0.29, 0.717) is 29.0 Å². The van der Waals surface area contributed by atoms with Crippen LogP contribution in [0.4, 0.5) is 13.2 Å². The Morgan fingerprint density at radius 1 is 1.24 bits per heavy atom. The van der Waals surface area contributed by atoms with Gasteiger partial charge in [0.15, 0.2) is 5.76 Å².